The minimum atomic E-state index is -4.29. The molecule has 9 heteroatoms. The molecule has 1 N–H and O–H groups in total. The molecule has 1 heterocycles. The molecule has 0 saturated carbocycles. The normalized spacial score (nSPS) is 36.1. The van der Waals surface area contributed by atoms with Crippen molar-refractivity contribution in [2.24, 2.45) is 5.92 Å². The van der Waals surface area contributed by atoms with Gasteiger partial charge < -0.3 is 18.9 Å². The minimum absolute atomic E-state index is 0.117. The van der Waals surface area contributed by atoms with Gasteiger partial charge in [-0.1, -0.05) is 6.92 Å². The molecule has 0 aliphatic carbocycles. The Hall–Kier alpha value is -0.00506. The average Bonchev–Trinajstić information content (AvgIpc) is 2.62. The molecule has 0 bridgehead atoms. The maximum absolute atomic E-state index is 13.7. The van der Waals surface area contributed by atoms with Crippen LogP contribution >= 0.6 is 7.60 Å². The fourth-order valence-corrected chi connectivity index (χ4v) is 2.75. The summed E-state index contributed by atoms with van der Waals surface area (Å²) in [6.45, 7) is 0.943. The van der Waals surface area contributed by atoms with Crippen molar-refractivity contribution < 1.29 is 32.2 Å². The highest BCUT2D eigenvalue weighted by Gasteiger charge is 2.44. The quantitative estimate of drug-likeness (QED) is 0.568. The van der Waals surface area contributed by atoms with Crippen LogP contribution < -0.4 is 0 Å². The van der Waals surface area contributed by atoms with Crippen molar-refractivity contribution in [1.82, 2.24) is 0 Å². The standard InChI is InChI=1S/C10H18BF2O5P/c1-6-7(5-8(13)19(14,15)16-2)18-10(11)9(6)17-4-3-12/h6-10H,3-5H2,1-2H3,(H,14,15). The zero-order chi connectivity index (χ0) is 14.6. The molecule has 1 saturated heterocycles. The van der Waals surface area contributed by atoms with E-state index in [0.717, 1.165) is 7.11 Å². The Labute approximate surface area is 112 Å². The molecule has 0 amide bonds. The monoisotopic (exact) mass is 298 g/mol. The largest absolute Gasteiger partial charge is 0.382 e. The molecule has 1 rings (SSSR count). The van der Waals surface area contributed by atoms with Gasteiger partial charge in [0.1, 0.15) is 14.5 Å². The summed E-state index contributed by atoms with van der Waals surface area (Å²) in [5.41, 5.74) is 0. The van der Waals surface area contributed by atoms with Crippen LogP contribution in [0.3, 0.4) is 0 Å². The first-order valence-electron chi connectivity index (χ1n) is 5.94. The van der Waals surface area contributed by atoms with E-state index in [2.05, 4.69) is 4.52 Å². The molecule has 6 atom stereocenters. The Kier molecular flexibility index (Phi) is 6.40. The molecule has 5 nitrogen and oxygen atoms in total. The van der Waals surface area contributed by atoms with E-state index >= 15 is 0 Å². The molecule has 0 spiro atoms. The van der Waals surface area contributed by atoms with Crippen molar-refractivity contribution in [3.8, 4) is 0 Å². The lowest BCUT2D eigenvalue weighted by Crippen LogP contribution is -2.30. The lowest BCUT2D eigenvalue weighted by Gasteiger charge is -2.21. The Balaban J connectivity index is 2.59. The van der Waals surface area contributed by atoms with Crippen molar-refractivity contribution in [3.63, 3.8) is 0 Å². The molecule has 0 aromatic rings. The highest BCUT2D eigenvalue weighted by Crippen LogP contribution is 2.50. The van der Waals surface area contributed by atoms with Crippen LogP contribution in [0.25, 0.3) is 0 Å². The van der Waals surface area contributed by atoms with E-state index in [4.69, 9.17) is 17.3 Å². The maximum Gasteiger partial charge on any atom is 0.361 e. The zero-order valence-corrected chi connectivity index (χ0v) is 11.8. The van der Waals surface area contributed by atoms with Crippen LogP contribution in [0.5, 0.6) is 0 Å². The van der Waals surface area contributed by atoms with E-state index in [1.165, 1.54) is 0 Å². The number of hydrogen-bond donors (Lipinski definition) is 1. The topological polar surface area (TPSA) is 65.0 Å². The van der Waals surface area contributed by atoms with Gasteiger partial charge in [0.25, 0.3) is 0 Å². The van der Waals surface area contributed by atoms with Crippen molar-refractivity contribution in [3.05, 3.63) is 0 Å². The molecule has 1 aliphatic heterocycles. The van der Waals surface area contributed by atoms with Crippen molar-refractivity contribution in [1.29, 1.82) is 0 Å². The van der Waals surface area contributed by atoms with Crippen molar-refractivity contribution >= 4 is 15.4 Å². The summed E-state index contributed by atoms with van der Waals surface area (Å²) in [6.07, 6.45) is -1.56. The van der Waals surface area contributed by atoms with Crippen LogP contribution in [-0.4, -0.2) is 57.3 Å². The second-order valence-corrected chi connectivity index (χ2v) is 6.49. The number of rotatable bonds is 7. The van der Waals surface area contributed by atoms with E-state index in [9.17, 15) is 18.2 Å². The van der Waals surface area contributed by atoms with Gasteiger partial charge in [-0.2, -0.15) is 0 Å². The molecule has 19 heavy (non-hydrogen) atoms. The molecule has 2 radical (unpaired) electrons. The second kappa shape index (κ2) is 7.13. The van der Waals surface area contributed by atoms with E-state index in [-0.39, 0.29) is 18.9 Å². The van der Waals surface area contributed by atoms with E-state index in [1.54, 1.807) is 6.92 Å². The van der Waals surface area contributed by atoms with Crippen LogP contribution in [0.2, 0.25) is 0 Å². The summed E-state index contributed by atoms with van der Waals surface area (Å²) < 4.78 is 51.7. The van der Waals surface area contributed by atoms with E-state index in [0.29, 0.717) is 0 Å². The fourth-order valence-electron chi connectivity index (χ4n) is 2.05. The molecule has 0 aromatic carbocycles. The van der Waals surface area contributed by atoms with Gasteiger partial charge in [0.05, 0.1) is 18.8 Å². The predicted octanol–water partition coefficient (Wildman–Crippen LogP) is 1.39. The van der Waals surface area contributed by atoms with Gasteiger partial charge in [-0.25, -0.2) is 8.78 Å². The molecule has 1 aliphatic rings. The Morgan fingerprint density at radius 3 is 2.74 bits per heavy atom. The smallest absolute Gasteiger partial charge is 0.361 e. The van der Waals surface area contributed by atoms with Gasteiger partial charge in [-0.15, -0.1) is 0 Å². The lowest BCUT2D eigenvalue weighted by atomic mass is 9.88. The Bertz CT molecular complexity index is 335. The zero-order valence-electron chi connectivity index (χ0n) is 10.9. The summed E-state index contributed by atoms with van der Waals surface area (Å²) in [5, 5.41) is 0. The fraction of sp³-hybridized carbons (Fsp3) is 1.00. The summed E-state index contributed by atoms with van der Waals surface area (Å²) in [4.78, 5) is 9.20. The van der Waals surface area contributed by atoms with Crippen molar-refractivity contribution in [2.75, 3.05) is 20.4 Å². The number of alkyl halides is 2. The molecule has 1 fully saturated rings. The van der Waals surface area contributed by atoms with Crippen LogP contribution in [0.1, 0.15) is 13.3 Å². The molecular formula is C10H18BF2O5P. The van der Waals surface area contributed by atoms with Gasteiger partial charge >= 0.3 is 7.60 Å². The highest BCUT2D eigenvalue weighted by atomic mass is 31.2. The first kappa shape index (κ1) is 17.0. The SMILES string of the molecule is [B]C1OC(CC(F)P(=O)(O)OC)C(C)C1OCCF. The molecule has 6 unspecified atom stereocenters. The summed E-state index contributed by atoms with van der Waals surface area (Å²) in [7, 11) is 2.33. The van der Waals surface area contributed by atoms with E-state index < -0.39 is 38.4 Å². The van der Waals surface area contributed by atoms with Crippen LogP contribution in [-0.2, 0) is 18.6 Å². The third-order valence-electron chi connectivity index (χ3n) is 3.19. The van der Waals surface area contributed by atoms with Crippen molar-refractivity contribution in [2.45, 2.75) is 37.5 Å². The number of halogens is 2. The first-order valence-corrected chi connectivity index (χ1v) is 7.59. The third kappa shape index (κ3) is 4.23. The summed E-state index contributed by atoms with van der Waals surface area (Å²) >= 11 is 0. The summed E-state index contributed by atoms with van der Waals surface area (Å²) in [5.74, 6) is -2.37. The number of ether oxygens (including phenoxy) is 2. The molecular weight excluding hydrogens is 280 g/mol. The van der Waals surface area contributed by atoms with Gasteiger partial charge in [0.2, 0.25) is 5.91 Å². The first-order chi connectivity index (χ1) is 8.83. The summed E-state index contributed by atoms with van der Waals surface area (Å²) in [6, 6.07) is -0.806. The van der Waals surface area contributed by atoms with Crippen LogP contribution in [0.15, 0.2) is 0 Å². The highest BCUT2D eigenvalue weighted by molar-refractivity contribution is 7.53. The van der Waals surface area contributed by atoms with Gasteiger partial charge in [-0.05, 0) is 0 Å². The Morgan fingerprint density at radius 1 is 1.58 bits per heavy atom. The molecule has 0 aromatic heterocycles. The average molecular weight is 298 g/mol. The second-order valence-electron chi connectivity index (χ2n) is 4.44. The predicted molar refractivity (Wildman–Crippen MR) is 65.6 cm³/mol. The molecule has 110 valence electrons. The van der Waals surface area contributed by atoms with Gasteiger partial charge in [-0.3, -0.25) is 4.57 Å². The van der Waals surface area contributed by atoms with Crippen LogP contribution in [0, 0.1) is 5.92 Å². The lowest BCUT2D eigenvalue weighted by molar-refractivity contribution is 0.00533. The minimum Gasteiger partial charge on any atom is -0.382 e. The third-order valence-corrected chi connectivity index (χ3v) is 4.63. The number of hydrogen-bond acceptors (Lipinski definition) is 4. The van der Waals surface area contributed by atoms with Gasteiger partial charge in [0, 0.05) is 25.5 Å². The van der Waals surface area contributed by atoms with E-state index in [1.807, 2.05) is 0 Å². The Morgan fingerprint density at radius 2 is 2.21 bits per heavy atom. The maximum atomic E-state index is 13.7. The van der Waals surface area contributed by atoms with Crippen LogP contribution in [0.4, 0.5) is 8.78 Å². The van der Waals surface area contributed by atoms with Gasteiger partial charge in [0.15, 0.2) is 0 Å².